The van der Waals surface area contributed by atoms with Crippen molar-refractivity contribution in [1.29, 1.82) is 0 Å². The Morgan fingerprint density at radius 3 is 2.67 bits per heavy atom. The summed E-state index contributed by atoms with van der Waals surface area (Å²) in [5.74, 6) is 1.42. The lowest BCUT2D eigenvalue weighted by Crippen LogP contribution is -2.13. The highest BCUT2D eigenvalue weighted by molar-refractivity contribution is 6.30. The molecule has 10 heteroatoms. The zero-order chi connectivity index (χ0) is 25.1. The van der Waals surface area contributed by atoms with E-state index in [-0.39, 0.29) is 11.7 Å². The molecule has 0 spiro atoms. The van der Waals surface area contributed by atoms with Crippen LogP contribution >= 0.6 is 11.6 Å². The van der Waals surface area contributed by atoms with Crippen LogP contribution in [0.5, 0.6) is 5.75 Å². The van der Waals surface area contributed by atoms with Crippen molar-refractivity contribution in [2.75, 3.05) is 18.2 Å². The van der Waals surface area contributed by atoms with Gasteiger partial charge in [0.05, 0.1) is 36.7 Å². The van der Waals surface area contributed by atoms with Crippen LogP contribution in [-0.4, -0.2) is 33.0 Å². The van der Waals surface area contributed by atoms with Gasteiger partial charge in [-0.1, -0.05) is 41.9 Å². The molecule has 36 heavy (non-hydrogen) atoms. The second-order valence-corrected chi connectivity index (χ2v) is 8.32. The predicted octanol–water partition coefficient (Wildman–Crippen LogP) is 5.01. The Balaban J connectivity index is 1.26. The Kier molecular flexibility index (Phi) is 6.38. The van der Waals surface area contributed by atoms with Crippen LogP contribution in [0.25, 0.3) is 17.1 Å². The van der Waals surface area contributed by atoms with Crippen molar-refractivity contribution in [1.82, 2.24) is 20.0 Å². The number of rotatable bonds is 7. The fraction of sp³-hybridized carbons (Fsp3) is 0.0769. The van der Waals surface area contributed by atoms with E-state index in [1.54, 1.807) is 42.3 Å². The molecule has 0 aliphatic heterocycles. The van der Waals surface area contributed by atoms with E-state index in [4.69, 9.17) is 26.5 Å². The monoisotopic (exact) mass is 500 g/mol. The van der Waals surface area contributed by atoms with Gasteiger partial charge < -0.3 is 20.2 Å². The number of carbonyl (C=O) groups excluding carboxylic acids is 1. The smallest absolute Gasteiger partial charge is 0.256 e. The van der Waals surface area contributed by atoms with E-state index in [1.807, 2.05) is 48.5 Å². The minimum atomic E-state index is -0.333. The van der Waals surface area contributed by atoms with Crippen molar-refractivity contribution in [3.63, 3.8) is 0 Å². The molecule has 2 aromatic heterocycles. The summed E-state index contributed by atoms with van der Waals surface area (Å²) in [6.45, 7) is 0. The number of hydrogen-bond acceptors (Lipinski definition) is 7. The summed E-state index contributed by atoms with van der Waals surface area (Å²) in [6.07, 6.45) is 2.04. The van der Waals surface area contributed by atoms with Crippen molar-refractivity contribution in [3.8, 4) is 22.9 Å². The Morgan fingerprint density at radius 1 is 1.08 bits per heavy atom. The first-order valence-corrected chi connectivity index (χ1v) is 11.3. The molecule has 0 radical (unpaired) electrons. The van der Waals surface area contributed by atoms with Crippen LogP contribution in [0.3, 0.4) is 0 Å². The van der Waals surface area contributed by atoms with Gasteiger partial charge in [-0.3, -0.25) is 4.79 Å². The van der Waals surface area contributed by atoms with Crippen molar-refractivity contribution >= 4 is 29.0 Å². The molecule has 0 bridgehead atoms. The molecule has 5 rings (SSSR count). The highest BCUT2D eigenvalue weighted by atomic mass is 35.5. The fourth-order valence-electron chi connectivity index (χ4n) is 3.62. The minimum absolute atomic E-state index is 0.263. The Morgan fingerprint density at radius 2 is 1.89 bits per heavy atom. The van der Waals surface area contributed by atoms with Crippen LogP contribution < -0.4 is 15.8 Å². The second kappa shape index (κ2) is 9.93. The third kappa shape index (κ3) is 4.91. The number of anilines is 2. The van der Waals surface area contributed by atoms with Gasteiger partial charge in [-0.05, 0) is 48.0 Å². The zero-order valence-electron chi connectivity index (χ0n) is 19.2. The molecular formula is C26H21ClN6O3. The highest BCUT2D eigenvalue weighted by Crippen LogP contribution is 2.29. The predicted molar refractivity (Wildman–Crippen MR) is 136 cm³/mol. The average molecular weight is 501 g/mol. The lowest BCUT2D eigenvalue weighted by molar-refractivity contribution is 0.102. The van der Waals surface area contributed by atoms with Crippen LogP contribution in [0.2, 0.25) is 5.02 Å². The molecule has 2 heterocycles. The van der Waals surface area contributed by atoms with Gasteiger partial charge in [-0.15, -0.1) is 15.3 Å². The van der Waals surface area contributed by atoms with E-state index in [0.29, 0.717) is 40.2 Å². The molecule has 0 atom stereocenters. The summed E-state index contributed by atoms with van der Waals surface area (Å²) in [6, 6.07) is 21.7. The van der Waals surface area contributed by atoms with Gasteiger partial charge in [-0.25, -0.2) is 4.68 Å². The Bertz CT molecular complexity index is 1530. The molecule has 0 saturated heterocycles. The topological polar surface area (TPSA) is 121 Å². The van der Waals surface area contributed by atoms with E-state index in [2.05, 4.69) is 20.6 Å². The third-order valence-electron chi connectivity index (χ3n) is 5.42. The molecule has 3 N–H and O–H groups in total. The minimum Gasteiger partial charge on any atom is -0.496 e. The maximum Gasteiger partial charge on any atom is 0.256 e. The van der Waals surface area contributed by atoms with Gasteiger partial charge in [0.15, 0.2) is 5.82 Å². The number of aromatic nitrogens is 4. The number of methoxy groups -OCH3 is 1. The van der Waals surface area contributed by atoms with Crippen LogP contribution in [0.4, 0.5) is 11.5 Å². The van der Waals surface area contributed by atoms with Crippen LogP contribution in [0.1, 0.15) is 21.8 Å². The molecule has 180 valence electrons. The van der Waals surface area contributed by atoms with E-state index in [9.17, 15) is 4.79 Å². The van der Waals surface area contributed by atoms with Gasteiger partial charge in [-0.2, -0.15) is 0 Å². The number of benzene rings is 3. The quantitative estimate of drug-likeness (QED) is 0.322. The first kappa shape index (κ1) is 23.1. The number of nitrogens with one attached hydrogen (secondary N) is 1. The van der Waals surface area contributed by atoms with Crippen molar-refractivity contribution in [3.05, 3.63) is 101 Å². The summed E-state index contributed by atoms with van der Waals surface area (Å²) < 4.78 is 12.7. The number of amides is 1. The Hall–Kier alpha value is -4.63. The average Bonchev–Trinajstić information content (AvgIpc) is 3.51. The SMILES string of the molecule is COc1ccccc1-c1nnc(Cc2ccc(C(=O)Nc3nn(-c4cccc(Cl)c4)cc3N)cc2)o1. The molecule has 0 fully saturated rings. The highest BCUT2D eigenvalue weighted by Gasteiger charge is 2.15. The summed E-state index contributed by atoms with van der Waals surface area (Å²) in [4.78, 5) is 12.8. The maximum atomic E-state index is 12.8. The van der Waals surface area contributed by atoms with Crippen molar-refractivity contribution in [2.24, 2.45) is 0 Å². The van der Waals surface area contributed by atoms with Gasteiger partial charge in [0.25, 0.3) is 11.8 Å². The second-order valence-electron chi connectivity index (χ2n) is 7.89. The summed E-state index contributed by atoms with van der Waals surface area (Å²) in [7, 11) is 1.59. The molecule has 0 unspecified atom stereocenters. The van der Waals surface area contributed by atoms with Gasteiger partial charge in [0.2, 0.25) is 5.89 Å². The third-order valence-corrected chi connectivity index (χ3v) is 5.66. The largest absolute Gasteiger partial charge is 0.496 e. The van der Waals surface area contributed by atoms with Gasteiger partial charge in [0.1, 0.15) is 5.75 Å². The first-order chi connectivity index (χ1) is 17.5. The lowest BCUT2D eigenvalue weighted by Gasteiger charge is -2.05. The number of ether oxygens (including phenoxy) is 1. The van der Waals surface area contributed by atoms with Gasteiger partial charge >= 0.3 is 0 Å². The fourth-order valence-corrected chi connectivity index (χ4v) is 3.80. The molecule has 0 aliphatic carbocycles. The number of halogens is 1. The molecule has 3 aromatic carbocycles. The number of hydrogen-bond donors (Lipinski definition) is 2. The van der Waals surface area contributed by atoms with Gasteiger partial charge in [0, 0.05) is 10.6 Å². The normalized spacial score (nSPS) is 10.8. The molecular weight excluding hydrogens is 480 g/mol. The number of nitrogen functional groups attached to an aromatic ring is 1. The molecule has 0 aliphatic rings. The van der Waals surface area contributed by atoms with E-state index >= 15 is 0 Å². The Labute approximate surface area is 211 Å². The molecule has 1 amide bonds. The molecule has 0 saturated carbocycles. The number of nitrogens with two attached hydrogens (primary N) is 1. The summed E-state index contributed by atoms with van der Waals surface area (Å²) in [5.41, 5.74) is 9.21. The van der Waals surface area contributed by atoms with Crippen molar-refractivity contribution < 1.29 is 13.9 Å². The number of para-hydroxylation sites is 1. The van der Waals surface area contributed by atoms with E-state index in [0.717, 1.165) is 16.8 Å². The molecule has 9 nitrogen and oxygen atoms in total. The summed E-state index contributed by atoms with van der Waals surface area (Å²) in [5, 5.41) is 16.0. The summed E-state index contributed by atoms with van der Waals surface area (Å²) >= 11 is 6.05. The lowest BCUT2D eigenvalue weighted by atomic mass is 10.1. The number of nitrogens with zero attached hydrogens (tertiary/aromatic N) is 4. The zero-order valence-corrected chi connectivity index (χ0v) is 19.9. The van der Waals surface area contributed by atoms with E-state index < -0.39 is 0 Å². The first-order valence-electron chi connectivity index (χ1n) is 11.0. The van der Waals surface area contributed by atoms with Crippen molar-refractivity contribution in [2.45, 2.75) is 6.42 Å². The van der Waals surface area contributed by atoms with Crippen LogP contribution in [-0.2, 0) is 6.42 Å². The maximum absolute atomic E-state index is 12.8. The van der Waals surface area contributed by atoms with Crippen LogP contribution in [0, 0.1) is 0 Å². The number of carbonyl (C=O) groups is 1. The van der Waals surface area contributed by atoms with E-state index in [1.165, 1.54) is 0 Å². The molecule has 5 aromatic rings. The van der Waals surface area contributed by atoms with Crippen LogP contribution in [0.15, 0.2) is 83.4 Å². The standard InChI is InChI=1S/C26H21ClN6O3/c1-35-22-8-3-2-7-20(22)26-31-30-23(36-26)13-16-9-11-17(12-10-16)25(34)29-24-21(28)15-33(32-24)19-6-4-5-18(27)14-19/h2-12,14-15H,13,28H2,1H3,(H,29,32,34).